The van der Waals surface area contributed by atoms with Gasteiger partial charge in [-0.05, 0) is 88.5 Å². The second kappa shape index (κ2) is 10.9. The van der Waals surface area contributed by atoms with Gasteiger partial charge in [-0.1, -0.05) is 6.92 Å². The number of aromatic nitrogens is 3. The Bertz CT molecular complexity index is 1400. The third-order valence-corrected chi connectivity index (χ3v) is 11.4. The van der Waals surface area contributed by atoms with Crippen LogP contribution in [0.15, 0.2) is 18.3 Å². The van der Waals surface area contributed by atoms with Crippen molar-refractivity contribution in [3.63, 3.8) is 0 Å². The number of carbonyl (C=O) groups is 1. The van der Waals surface area contributed by atoms with Crippen LogP contribution in [0.25, 0.3) is 0 Å². The maximum absolute atomic E-state index is 13.8. The molecule has 3 aromatic heterocycles. The summed E-state index contributed by atoms with van der Waals surface area (Å²) in [7, 11) is 1.66. The van der Waals surface area contributed by atoms with Crippen LogP contribution in [0.3, 0.4) is 0 Å². The number of thiophene rings is 1. The smallest absolute Gasteiger partial charge is 0.255 e. The lowest BCUT2D eigenvalue weighted by atomic mass is 9.76. The lowest BCUT2D eigenvalue weighted by Crippen LogP contribution is -2.54. The molecule has 7 nitrogen and oxygen atoms in total. The molecule has 6 rings (SSSR count). The van der Waals surface area contributed by atoms with Crippen molar-refractivity contribution >= 4 is 17.2 Å². The number of amides is 1. The molecule has 214 valence electrons. The molecule has 40 heavy (non-hydrogen) atoms. The van der Waals surface area contributed by atoms with Gasteiger partial charge in [-0.2, -0.15) is 5.10 Å². The van der Waals surface area contributed by atoms with Gasteiger partial charge in [-0.15, -0.1) is 11.3 Å². The fraction of sp³-hybridized carbons (Fsp3) is 0.594. The van der Waals surface area contributed by atoms with Crippen LogP contribution in [0.1, 0.15) is 92.8 Å². The topological polar surface area (TPSA) is 63.5 Å². The Labute approximate surface area is 242 Å². The maximum Gasteiger partial charge on any atom is 0.255 e. The number of carbonyl (C=O) groups excluding carboxylic acids is 1. The van der Waals surface area contributed by atoms with E-state index in [1.807, 2.05) is 29.4 Å². The van der Waals surface area contributed by atoms with Crippen molar-refractivity contribution in [3.8, 4) is 5.88 Å². The van der Waals surface area contributed by atoms with Crippen LogP contribution in [0.2, 0.25) is 0 Å². The fourth-order valence-corrected chi connectivity index (χ4v) is 8.83. The molecule has 0 bridgehead atoms. The van der Waals surface area contributed by atoms with Gasteiger partial charge >= 0.3 is 0 Å². The molecule has 3 aromatic rings. The number of pyridine rings is 1. The minimum absolute atomic E-state index is 0.166. The third-order valence-electron chi connectivity index (χ3n) is 9.83. The largest absolute Gasteiger partial charge is 0.481 e. The molecule has 3 aliphatic rings. The van der Waals surface area contributed by atoms with Gasteiger partial charge in [0.25, 0.3) is 5.91 Å². The quantitative estimate of drug-likeness (QED) is 0.354. The summed E-state index contributed by atoms with van der Waals surface area (Å²) in [6.45, 7) is 14.4. The summed E-state index contributed by atoms with van der Waals surface area (Å²) >= 11 is 1.91. The third kappa shape index (κ3) is 4.87. The van der Waals surface area contributed by atoms with E-state index in [4.69, 9.17) is 4.74 Å². The summed E-state index contributed by atoms with van der Waals surface area (Å²) in [5.74, 6) is 1.99. The Balaban J connectivity index is 1.09. The van der Waals surface area contributed by atoms with Crippen molar-refractivity contribution < 1.29 is 9.53 Å². The normalized spacial score (nSPS) is 22.8. The van der Waals surface area contributed by atoms with Gasteiger partial charge in [-0.3, -0.25) is 14.4 Å². The second-order valence-electron chi connectivity index (χ2n) is 12.3. The van der Waals surface area contributed by atoms with E-state index in [2.05, 4.69) is 59.5 Å². The Morgan fingerprint density at radius 2 is 1.85 bits per heavy atom. The van der Waals surface area contributed by atoms with Crippen molar-refractivity contribution in [1.82, 2.24) is 24.6 Å². The SMILES string of the molecule is COc1nc(C)cc(C)c1CN1CCc2sc(C(C)[C@H]3CC[C@H](N4CC(n5nccc5C)C4)CC3)c(C)c2C1=O. The molecule has 0 aromatic carbocycles. The molecule has 0 radical (unpaired) electrons. The summed E-state index contributed by atoms with van der Waals surface area (Å²) in [6.07, 6.45) is 7.95. The number of aryl methyl sites for hydroxylation is 3. The summed E-state index contributed by atoms with van der Waals surface area (Å²) in [4.78, 5) is 25.7. The lowest BCUT2D eigenvalue weighted by molar-refractivity contribution is 0.0262. The molecule has 0 N–H and O–H groups in total. The molecule has 1 unspecified atom stereocenters. The predicted octanol–water partition coefficient (Wildman–Crippen LogP) is 6.00. The summed E-state index contributed by atoms with van der Waals surface area (Å²) in [5.41, 5.74) is 6.51. The minimum Gasteiger partial charge on any atom is -0.481 e. The number of likely N-dealkylation sites (tertiary alicyclic amines) is 1. The van der Waals surface area contributed by atoms with Gasteiger partial charge < -0.3 is 9.64 Å². The Hall–Kier alpha value is -2.71. The second-order valence-corrected chi connectivity index (χ2v) is 13.5. The number of nitrogens with zero attached hydrogens (tertiary/aromatic N) is 5. The molecule has 0 spiro atoms. The minimum atomic E-state index is 0.166. The van der Waals surface area contributed by atoms with Gasteiger partial charge in [-0.25, -0.2) is 4.98 Å². The van der Waals surface area contributed by atoms with Crippen LogP contribution >= 0.6 is 11.3 Å². The Morgan fingerprint density at radius 1 is 1.10 bits per heavy atom. The number of fused-ring (bicyclic) bond motifs is 1. The highest BCUT2D eigenvalue weighted by atomic mass is 32.1. The molecule has 1 aliphatic carbocycles. The summed E-state index contributed by atoms with van der Waals surface area (Å²) < 4.78 is 7.78. The summed E-state index contributed by atoms with van der Waals surface area (Å²) in [6, 6.07) is 5.42. The van der Waals surface area contributed by atoms with Crippen LogP contribution in [-0.2, 0) is 13.0 Å². The molecule has 1 saturated heterocycles. The van der Waals surface area contributed by atoms with Crippen LogP contribution < -0.4 is 4.74 Å². The van der Waals surface area contributed by atoms with E-state index in [0.29, 0.717) is 36.3 Å². The van der Waals surface area contributed by atoms with Crippen LogP contribution in [0.4, 0.5) is 0 Å². The van der Waals surface area contributed by atoms with E-state index in [0.717, 1.165) is 48.4 Å². The number of ether oxygens (including phenoxy) is 1. The van der Waals surface area contributed by atoms with E-state index in [1.165, 1.54) is 46.7 Å². The molecule has 5 heterocycles. The van der Waals surface area contributed by atoms with E-state index >= 15 is 0 Å². The van der Waals surface area contributed by atoms with Crippen molar-refractivity contribution in [1.29, 1.82) is 0 Å². The zero-order valence-corrected chi connectivity index (χ0v) is 25.7. The van der Waals surface area contributed by atoms with Crippen LogP contribution in [0.5, 0.6) is 5.88 Å². The molecule has 8 heteroatoms. The number of hydrogen-bond donors (Lipinski definition) is 0. The first-order valence-corrected chi connectivity index (χ1v) is 15.7. The predicted molar refractivity (Wildman–Crippen MR) is 159 cm³/mol. The van der Waals surface area contributed by atoms with Crippen molar-refractivity contribution in [3.05, 3.63) is 61.7 Å². The van der Waals surface area contributed by atoms with Gasteiger partial charge in [0.05, 0.1) is 25.3 Å². The average Bonchev–Trinajstić information content (AvgIpc) is 3.48. The van der Waals surface area contributed by atoms with Crippen LogP contribution in [-0.4, -0.2) is 63.3 Å². The number of rotatable bonds is 7. The first-order valence-electron chi connectivity index (χ1n) is 14.9. The fourth-order valence-electron chi connectivity index (χ4n) is 7.40. The summed E-state index contributed by atoms with van der Waals surface area (Å²) in [5, 5.41) is 4.52. The van der Waals surface area contributed by atoms with E-state index in [1.54, 1.807) is 7.11 Å². The van der Waals surface area contributed by atoms with E-state index < -0.39 is 0 Å². The zero-order chi connectivity index (χ0) is 28.1. The first kappa shape index (κ1) is 27.5. The van der Waals surface area contributed by atoms with Crippen molar-refractivity contribution in [2.24, 2.45) is 5.92 Å². The Kier molecular flexibility index (Phi) is 7.51. The van der Waals surface area contributed by atoms with Crippen LogP contribution in [0, 0.1) is 33.6 Å². The number of hydrogen-bond acceptors (Lipinski definition) is 6. The molecular weight excluding hydrogens is 518 g/mol. The monoisotopic (exact) mass is 561 g/mol. The van der Waals surface area contributed by atoms with Gasteiger partial charge in [0, 0.05) is 65.0 Å². The van der Waals surface area contributed by atoms with Crippen molar-refractivity contribution in [2.75, 3.05) is 26.7 Å². The highest BCUT2D eigenvalue weighted by Crippen LogP contribution is 2.45. The zero-order valence-electron chi connectivity index (χ0n) is 24.9. The molecule has 2 fully saturated rings. The van der Waals surface area contributed by atoms with E-state index in [-0.39, 0.29) is 5.91 Å². The number of methoxy groups -OCH3 is 1. The molecule has 2 aliphatic heterocycles. The van der Waals surface area contributed by atoms with Gasteiger partial charge in [0.2, 0.25) is 5.88 Å². The molecule has 1 amide bonds. The lowest BCUT2D eigenvalue weighted by Gasteiger charge is -2.47. The van der Waals surface area contributed by atoms with Gasteiger partial charge in [0.15, 0.2) is 0 Å². The standard InChI is InChI=1S/C32H43N5O2S/c1-19-15-20(2)34-31(39-6)27(19)18-35-14-12-28-29(32(35)38)23(5)30(40-28)22(4)24-7-9-25(10-8-24)36-16-26(17-36)37-21(3)11-13-33-37/h11,13,15,22,24-26H,7-10,12,14,16-18H2,1-6H3/t22?,24-,25-. The Morgan fingerprint density at radius 3 is 2.52 bits per heavy atom. The molecule has 1 saturated carbocycles. The molecule has 1 atom stereocenters. The van der Waals surface area contributed by atoms with Gasteiger partial charge in [0.1, 0.15) is 0 Å². The highest BCUT2D eigenvalue weighted by molar-refractivity contribution is 7.12. The highest BCUT2D eigenvalue weighted by Gasteiger charge is 2.38. The van der Waals surface area contributed by atoms with E-state index in [9.17, 15) is 4.79 Å². The van der Waals surface area contributed by atoms with Crippen molar-refractivity contribution in [2.45, 2.75) is 91.3 Å². The molecular formula is C32H43N5O2S. The first-order chi connectivity index (χ1) is 19.2. The maximum atomic E-state index is 13.8. The average molecular weight is 562 g/mol.